The molecular formula is C14H24N4O4S. The van der Waals surface area contributed by atoms with E-state index in [1.807, 2.05) is 0 Å². The van der Waals surface area contributed by atoms with E-state index in [9.17, 15) is 18.0 Å². The zero-order valence-electron chi connectivity index (χ0n) is 13.6. The van der Waals surface area contributed by atoms with E-state index in [2.05, 4.69) is 9.62 Å². The van der Waals surface area contributed by atoms with Crippen molar-refractivity contribution in [2.24, 2.45) is 14.1 Å². The standard InChI is InChI=1S/C14H24N4O4S/c1-16-11-12(13(19)17(2)14(16)20)23(21,22)15-7-6-10-18-8-4-3-5-9-18/h11,15H,3-10H2,1-2H3. The van der Waals surface area contributed by atoms with E-state index in [4.69, 9.17) is 0 Å². The Balaban J connectivity index is 1.99. The highest BCUT2D eigenvalue weighted by atomic mass is 32.2. The van der Waals surface area contributed by atoms with Crippen molar-refractivity contribution < 1.29 is 8.42 Å². The molecule has 1 N–H and O–H groups in total. The summed E-state index contributed by atoms with van der Waals surface area (Å²) in [6, 6.07) is 0. The third-order valence-corrected chi connectivity index (χ3v) is 5.54. The minimum Gasteiger partial charge on any atom is -0.303 e. The normalized spacial score (nSPS) is 16.6. The number of nitrogens with one attached hydrogen (secondary N) is 1. The van der Waals surface area contributed by atoms with Gasteiger partial charge in [0.05, 0.1) is 0 Å². The van der Waals surface area contributed by atoms with E-state index < -0.39 is 26.2 Å². The summed E-state index contributed by atoms with van der Waals surface area (Å²) >= 11 is 0. The highest BCUT2D eigenvalue weighted by Gasteiger charge is 2.21. The van der Waals surface area contributed by atoms with Crippen LogP contribution < -0.4 is 16.0 Å². The molecule has 9 heteroatoms. The molecular weight excluding hydrogens is 320 g/mol. The number of aryl methyl sites for hydroxylation is 1. The molecule has 0 bridgehead atoms. The molecule has 0 aliphatic carbocycles. The first-order valence-corrected chi connectivity index (χ1v) is 9.30. The third-order valence-electron chi connectivity index (χ3n) is 4.10. The number of hydrogen-bond acceptors (Lipinski definition) is 5. The van der Waals surface area contributed by atoms with Crippen molar-refractivity contribution in [3.05, 3.63) is 27.0 Å². The molecule has 8 nitrogen and oxygen atoms in total. The van der Waals surface area contributed by atoms with Gasteiger partial charge in [-0.3, -0.25) is 9.36 Å². The largest absolute Gasteiger partial charge is 0.330 e. The summed E-state index contributed by atoms with van der Waals surface area (Å²) in [5.74, 6) is 0. The molecule has 0 saturated carbocycles. The minimum absolute atomic E-state index is 0.269. The van der Waals surface area contributed by atoms with Crippen LogP contribution in [0.15, 0.2) is 20.7 Å². The molecule has 0 radical (unpaired) electrons. The molecule has 1 saturated heterocycles. The van der Waals surface area contributed by atoms with E-state index in [0.29, 0.717) is 6.42 Å². The summed E-state index contributed by atoms with van der Waals surface area (Å²) < 4.78 is 28.9. The Hall–Kier alpha value is -1.45. The first kappa shape index (κ1) is 17.9. The van der Waals surface area contributed by atoms with Crippen LogP contribution in [-0.2, 0) is 24.1 Å². The Labute approximate surface area is 135 Å². The summed E-state index contributed by atoms with van der Waals surface area (Å²) in [6.45, 7) is 3.24. The predicted molar refractivity (Wildman–Crippen MR) is 87.0 cm³/mol. The minimum atomic E-state index is -3.92. The van der Waals surface area contributed by atoms with Crippen LogP contribution in [0.2, 0.25) is 0 Å². The van der Waals surface area contributed by atoms with Gasteiger partial charge in [0.1, 0.15) is 0 Å². The highest BCUT2D eigenvalue weighted by molar-refractivity contribution is 7.89. The zero-order chi connectivity index (χ0) is 17.0. The first-order chi connectivity index (χ1) is 10.8. The third kappa shape index (κ3) is 4.30. The molecule has 1 aliphatic rings. The number of likely N-dealkylation sites (tertiary alicyclic amines) is 1. The maximum absolute atomic E-state index is 12.3. The van der Waals surface area contributed by atoms with Gasteiger partial charge in [0, 0.05) is 26.8 Å². The van der Waals surface area contributed by atoms with Gasteiger partial charge >= 0.3 is 5.69 Å². The lowest BCUT2D eigenvalue weighted by Gasteiger charge is -2.26. The molecule has 1 aromatic heterocycles. The molecule has 0 atom stereocenters. The molecule has 23 heavy (non-hydrogen) atoms. The van der Waals surface area contributed by atoms with Crippen LogP contribution in [0.4, 0.5) is 0 Å². The fourth-order valence-corrected chi connectivity index (χ4v) is 3.96. The second-order valence-electron chi connectivity index (χ2n) is 5.90. The monoisotopic (exact) mass is 344 g/mol. The molecule has 0 spiro atoms. The number of piperidine rings is 1. The fraction of sp³-hybridized carbons (Fsp3) is 0.714. The van der Waals surface area contributed by atoms with Gasteiger partial charge in [-0.25, -0.2) is 17.9 Å². The number of sulfonamides is 1. The van der Waals surface area contributed by atoms with Crippen molar-refractivity contribution in [2.75, 3.05) is 26.2 Å². The summed E-state index contributed by atoms with van der Waals surface area (Å²) in [6.07, 6.45) is 5.40. The Morgan fingerprint density at radius 1 is 1.13 bits per heavy atom. The summed E-state index contributed by atoms with van der Waals surface area (Å²) in [4.78, 5) is 25.5. The molecule has 2 rings (SSSR count). The van der Waals surface area contributed by atoms with Crippen molar-refractivity contribution in [1.82, 2.24) is 18.8 Å². The Morgan fingerprint density at radius 2 is 1.78 bits per heavy atom. The van der Waals surface area contributed by atoms with E-state index in [0.717, 1.165) is 35.0 Å². The second-order valence-corrected chi connectivity index (χ2v) is 7.64. The lowest BCUT2D eigenvalue weighted by molar-refractivity contribution is 0.227. The molecule has 2 heterocycles. The molecule has 1 aliphatic heterocycles. The molecule has 130 valence electrons. The van der Waals surface area contributed by atoms with Gasteiger partial charge in [-0.2, -0.15) is 0 Å². The van der Waals surface area contributed by atoms with Crippen LogP contribution in [0.1, 0.15) is 25.7 Å². The van der Waals surface area contributed by atoms with Crippen LogP contribution in [0.3, 0.4) is 0 Å². The van der Waals surface area contributed by atoms with Gasteiger partial charge in [0.15, 0.2) is 4.90 Å². The number of hydrogen-bond donors (Lipinski definition) is 1. The molecule has 0 amide bonds. The lowest BCUT2D eigenvalue weighted by Crippen LogP contribution is -2.41. The molecule has 0 aromatic carbocycles. The van der Waals surface area contributed by atoms with E-state index in [1.54, 1.807) is 0 Å². The van der Waals surface area contributed by atoms with E-state index >= 15 is 0 Å². The Kier molecular flexibility index (Phi) is 5.77. The highest BCUT2D eigenvalue weighted by Crippen LogP contribution is 2.08. The van der Waals surface area contributed by atoms with Crippen molar-refractivity contribution >= 4 is 10.0 Å². The first-order valence-electron chi connectivity index (χ1n) is 7.81. The van der Waals surface area contributed by atoms with Gasteiger partial charge in [-0.1, -0.05) is 6.42 Å². The van der Waals surface area contributed by atoms with Crippen molar-refractivity contribution in [3.63, 3.8) is 0 Å². The topological polar surface area (TPSA) is 93.4 Å². The van der Waals surface area contributed by atoms with Gasteiger partial charge in [-0.05, 0) is 38.9 Å². The number of aromatic nitrogens is 2. The maximum Gasteiger partial charge on any atom is 0.330 e. The van der Waals surface area contributed by atoms with Gasteiger partial charge in [-0.15, -0.1) is 0 Å². The average Bonchev–Trinajstić information content (AvgIpc) is 2.54. The maximum atomic E-state index is 12.3. The number of rotatable bonds is 6. The lowest BCUT2D eigenvalue weighted by atomic mass is 10.1. The van der Waals surface area contributed by atoms with Crippen molar-refractivity contribution in [3.8, 4) is 0 Å². The Morgan fingerprint density at radius 3 is 2.43 bits per heavy atom. The van der Waals surface area contributed by atoms with E-state index in [-0.39, 0.29) is 6.54 Å². The van der Waals surface area contributed by atoms with Gasteiger partial charge < -0.3 is 9.47 Å². The van der Waals surface area contributed by atoms with Crippen LogP contribution >= 0.6 is 0 Å². The fourth-order valence-electron chi connectivity index (χ4n) is 2.73. The van der Waals surface area contributed by atoms with Crippen LogP contribution in [0.25, 0.3) is 0 Å². The second kappa shape index (κ2) is 7.41. The van der Waals surface area contributed by atoms with Crippen LogP contribution in [0.5, 0.6) is 0 Å². The van der Waals surface area contributed by atoms with E-state index in [1.165, 1.54) is 33.4 Å². The smallest absolute Gasteiger partial charge is 0.303 e. The Bertz CT molecular complexity index is 760. The average molecular weight is 344 g/mol. The van der Waals surface area contributed by atoms with Crippen LogP contribution in [0, 0.1) is 0 Å². The predicted octanol–water partition coefficient (Wildman–Crippen LogP) is -0.762. The summed E-state index contributed by atoms with van der Waals surface area (Å²) in [7, 11) is -1.24. The summed E-state index contributed by atoms with van der Waals surface area (Å²) in [5.41, 5.74) is -1.37. The van der Waals surface area contributed by atoms with Gasteiger partial charge in [0.25, 0.3) is 5.56 Å². The zero-order valence-corrected chi connectivity index (χ0v) is 14.4. The molecule has 0 unspecified atom stereocenters. The van der Waals surface area contributed by atoms with Crippen LogP contribution in [-0.4, -0.2) is 48.6 Å². The quantitative estimate of drug-likeness (QED) is 0.685. The molecule has 1 fully saturated rings. The summed E-state index contributed by atoms with van der Waals surface area (Å²) in [5, 5.41) is 0. The van der Waals surface area contributed by atoms with Crippen molar-refractivity contribution in [2.45, 2.75) is 30.6 Å². The van der Waals surface area contributed by atoms with Gasteiger partial charge in [0.2, 0.25) is 10.0 Å². The SMILES string of the molecule is Cn1cc(S(=O)(=O)NCCCN2CCCCC2)c(=O)n(C)c1=O. The number of nitrogens with zero attached hydrogens (tertiary/aromatic N) is 3. The van der Waals surface area contributed by atoms with Crippen molar-refractivity contribution in [1.29, 1.82) is 0 Å². The molecule has 1 aromatic rings.